The van der Waals surface area contributed by atoms with Gasteiger partial charge in [-0.05, 0) is 25.1 Å². The molecule has 0 aromatic carbocycles. The Labute approximate surface area is 130 Å². The lowest BCUT2D eigenvalue weighted by Gasteiger charge is -2.22. The number of nitrogens with zero attached hydrogens (tertiary/aromatic N) is 4. The molecule has 1 aliphatic heterocycles. The van der Waals surface area contributed by atoms with Gasteiger partial charge in [-0.1, -0.05) is 0 Å². The molecule has 2 aromatic heterocycles. The highest BCUT2D eigenvalue weighted by atomic mass is 16.5. The first-order valence-electron chi connectivity index (χ1n) is 7.60. The van der Waals surface area contributed by atoms with Crippen LogP contribution < -0.4 is 10.2 Å². The molecule has 0 amide bonds. The van der Waals surface area contributed by atoms with Gasteiger partial charge < -0.3 is 15.0 Å². The third-order valence-electron chi connectivity index (χ3n) is 3.66. The maximum atomic E-state index is 5.25. The van der Waals surface area contributed by atoms with Crippen molar-refractivity contribution in [1.82, 2.24) is 20.3 Å². The van der Waals surface area contributed by atoms with E-state index in [1.807, 2.05) is 18.2 Å². The third-order valence-corrected chi connectivity index (χ3v) is 3.66. The maximum absolute atomic E-state index is 5.25. The molecule has 0 radical (unpaired) electrons. The molecule has 6 nitrogen and oxygen atoms in total. The van der Waals surface area contributed by atoms with E-state index in [4.69, 9.17) is 9.72 Å². The van der Waals surface area contributed by atoms with Crippen LogP contribution in [0, 0.1) is 0 Å². The third kappa shape index (κ3) is 3.58. The molecule has 1 aliphatic rings. The van der Waals surface area contributed by atoms with Gasteiger partial charge in [-0.15, -0.1) is 0 Å². The van der Waals surface area contributed by atoms with Crippen LogP contribution in [0.5, 0.6) is 0 Å². The second-order valence-electron chi connectivity index (χ2n) is 5.30. The number of pyridine rings is 1. The number of hydrogen-bond acceptors (Lipinski definition) is 6. The summed E-state index contributed by atoms with van der Waals surface area (Å²) in [5, 5.41) is 3.42. The van der Waals surface area contributed by atoms with E-state index in [2.05, 4.69) is 20.2 Å². The summed E-state index contributed by atoms with van der Waals surface area (Å²) < 4.78 is 5.25. The number of hydrogen-bond donors (Lipinski definition) is 1. The zero-order chi connectivity index (χ0) is 15.2. The molecule has 0 unspecified atom stereocenters. The van der Waals surface area contributed by atoms with Crippen LogP contribution in [0.4, 0.5) is 5.82 Å². The van der Waals surface area contributed by atoms with Crippen LogP contribution >= 0.6 is 0 Å². The van der Waals surface area contributed by atoms with Crippen LogP contribution in [0.15, 0.2) is 30.6 Å². The van der Waals surface area contributed by atoms with Gasteiger partial charge in [0.25, 0.3) is 0 Å². The Balaban J connectivity index is 1.96. The van der Waals surface area contributed by atoms with Gasteiger partial charge in [0.05, 0.1) is 12.3 Å². The number of aromatic nitrogens is 3. The van der Waals surface area contributed by atoms with Crippen molar-refractivity contribution in [3.05, 3.63) is 36.3 Å². The smallest absolute Gasteiger partial charge is 0.161 e. The van der Waals surface area contributed by atoms with Gasteiger partial charge in [-0.2, -0.15) is 0 Å². The first-order valence-corrected chi connectivity index (χ1v) is 7.60. The van der Waals surface area contributed by atoms with E-state index in [9.17, 15) is 0 Å². The topological polar surface area (TPSA) is 63.2 Å². The lowest BCUT2D eigenvalue weighted by molar-refractivity contribution is 0.181. The molecule has 1 saturated heterocycles. The van der Waals surface area contributed by atoms with Crippen molar-refractivity contribution in [2.75, 3.05) is 38.2 Å². The Morgan fingerprint density at radius 1 is 1.18 bits per heavy atom. The highest BCUT2D eigenvalue weighted by Gasteiger charge is 2.14. The second kappa shape index (κ2) is 7.29. The fourth-order valence-corrected chi connectivity index (χ4v) is 2.57. The van der Waals surface area contributed by atoms with E-state index < -0.39 is 0 Å². The summed E-state index contributed by atoms with van der Waals surface area (Å²) in [6.07, 6.45) is 4.64. The number of rotatable bonds is 4. The highest BCUT2D eigenvalue weighted by molar-refractivity contribution is 5.57. The summed E-state index contributed by atoms with van der Waals surface area (Å²) >= 11 is 0. The molecule has 0 spiro atoms. The number of ether oxygens (including phenoxy) is 1. The van der Waals surface area contributed by atoms with Gasteiger partial charge in [-0.3, -0.25) is 4.98 Å². The summed E-state index contributed by atoms with van der Waals surface area (Å²) in [5.74, 6) is 1.70. The molecular weight excluding hydrogens is 278 g/mol. The number of methoxy groups -OCH3 is 1. The Hall–Kier alpha value is -2.05. The number of nitrogens with one attached hydrogen (secondary N) is 1. The van der Waals surface area contributed by atoms with Gasteiger partial charge in [0.1, 0.15) is 5.82 Å². The largest absolute Gasteiger partial charge is 0.378 e. The molecular formula is C16H21N5O. The fraction of sp³-hybridized carbons (Fsp3) is 0.438. The summed E-state index contributed by atoms with van der Waals surface area (Å²) in [6.45, 7) is 4.49. The van der Waals surface area contributed by atoms with Crippen LogP contribution in [0.1, 0.15) is 12.1 Å². The number of anilines is 1. The predicted octanol–water partition coefficient (Wildman–Crippen LogP) is 1.48. The van der Waals surface area contributed by atoms with Gasteiger partial charge in [0.15, 0.2) is 5.82 Å². The summed E-state index contributed by atoms with van der Waals surface area (Å²) in [6, 6.07) is 5.89. The highest BCUT2D eigenvalue weighted by Crippen LogP contribution is 2.20. The van der Waals surface area contributed by atoms with E-state index in [-0.39, 0.29) is 0 Å². The molecule has 0 aliphatic carbocycles. The fourth-order valence-electron chi connectivity index (χ4n) is 2.57. The molecule has 0 saturated carbocycles. The first kappa shape index (κ1) is 14.9. The quantitative estimate of drug-likeness (QED) is 0.923. The van der Waals surface area contributed by atoms with E-state index in [0.717, 1.165) is 55.5 Å². The molecule has 2 aromatic rings. The summed E-state index contributed by atoms with van der Waals surface area (Å²) in [5.41, 5.74) is 1.87. The van der Waals surface area contributed by atoms with Gasteiger partial charge in [0.2, 0.25) is 0 Å². The zero-order valence-electron chi connectivity index (χ0n) is 12.8. The second-order valence-corrected chi connectivity index (χ2v) is 5.30. The molecule has 116 valence electrons. The van der Waals surface area contributed by atoms with E-state index in [0.29, 0.717) is 6.61 Å². The minimum Gasteiger partial charge on any atom is -0.378 e. The van der Waals surface area contributed by atoms with Gasteiger partial charge in [-0.25, -0.2) is 9.97 Å². The Morgan fingerprint density at radius 3 is 2.86 bits per heavy atom. The van der Waals surface area contributed by atoms with Crippen LogP contribution in [0.3, 0.4) is 0 Å². The molecule has 1 N–H and O–H groups in total. The molecule has 3 heterocycles. The summed E-state index contributed by atoms with van der Waals surface area (Å²) in [4.78, 5) is 15.7. The average Bonchev–Trinajstić information content (AvgIpc) is 2.85. The first-order chi connectivity index (χ1) is 10.9. The molecule has 6 heteroatoms. The van der Waals surface area contributed by atoms with Crippen molar-refractivity contribution in [1.29, 1.82) is 0 Å². The van der Waals surface area contributed by atoms with E-state index in [1.165, 1.54) is 0 Å². The predicted molar refractivity (Wildman–Crippen MR) is 85.7 cm³/mol. The van der Waals surface area contributed by atoms with Crippen LogP contribution in [0.25, 0.3) is 11.4 Å². The normalized spacial score (nSPS) is 15.6. The summed E-state index contributed by atoms with van der Waals surface area (Å²) in [7, 11) is 1.68. The minimum atomic E-state index is 0.486. The van der Waals surface area contributed by atoms with Crippen molar-refractivity contribution in [2.24, 2.45) is 0 Å². The molecule has 0 bridgehead atoms. The van der Waals surface area contributed by atoms with Gasteiger partial charge in [0, 0.05) is 50.8 Å². The van der Waals surface area contributed by atoms with Crippen molar-refractivity contribution < 1.29 is 4.74 Å². The Bertz CT molecular complexity index is 597. The van der Waals surface area contributed by atoms with Crippen LogP contribution in [0.2, 0.25) is 0 Å². The maximum Gasteiger partial charge on any atom is 0.161 e. The molecule has 0 atom stereocenters. The zero-order valence-corrected chi connectivity index (χ0v) is 12.8. The van der Waals surface area contributed by atoms with Crippen molar-refractivity contribution in [3.63, 3.8) is 0 Å². The van der Waals surface area contributed by atoms with E-state index >= 15 is 0 Å². The lowest BCUT2D eigenvalue weighted by Crippen LogP contribution is -2.29. The Morgan fingerprint density at radius 2 is 2.05 bits per heavy atom. The SMILES string of the molecule is COCc1cc(N2CCCNCC2)nc(-c2ccncc2)n1. The Kier molecular flexibility index (Phi) is 4.92. The lowest BCUT2D eigenvalue weighted by atomic mass is 10.2. The molecule has 22 heavy (non-hydrogen) atoms. The van der Waals surface area contributed by atoms with E-state index in [1.54, 1.807) is 19.5 Å². The minimum absolute atomic E-state index is 0.486. The van der Waals surface area contributed by atoms with Crippen LogP contribution in [-0.4, -0.2) is 48.2 Å². The van der Waals surface area contributed by atoms with Crippen molar-refractivity contribution in [2.45, 2.75) is 13.0 Å². The molecule has 1 fully saturated rings. The molecule has 3 rings (SSSR count). The standard InChI is InChI=1S/C16H21N5O/c1-22-12-14-11-15(21-9-2-5-17-8-10-21)20-16(19-14)13-3-6-18-7-4-13/h3-4,6-7,11,17H,2,5,8-10,12H2,1H3. The van der Waals surface area contributed by atoms with Crippen molar-refractivity contribution in [3.8, 4) is 11.4 Å². The average molecular weight is 299 g/mol. The van der Waals surface area contributed by atoms with Gasteiger partial charge >= 0.3 is 0 Å². The van der Waals surface area contributed by atoms with Crippen LogP contribution in [-0.2, 0) is 11.3 Å². The van der Waals surface area contributed by atoms with Crippen molar-refractivity contribution >= 4 is 5.82 Å². The monoisotopic (exact) mass is 299 g/mol.